The minimum Gasteiger partial charge on any atom is -0.399 e. The van der Waals surface area contributed by atoms with Crippen LogP contribution in [0.2, 0.25) is 5.02 Å². The molecule has 0 radical (unpaired) electrons. The Morgan fingerprint density at radius 1 is 1.14 bits per heavy atom. The number of benzene rings is 1. The van der Waals surface area contributed by atoms with Crippen molar-refractivity contribution >= 4 is 30.1 Å². The highest BCUT2D eigenvalue weighted by molar-refractivity contribution is 6.62. The maximum atomic E-state index is 12.8. The molecule has 2 heterocycles. The molecule has 0 unspecified atom stereocenters. The maximum absolute atomic E-state index is 12.8. The van der Waals surface area contributed by atoms with Gasteiger partial charge in [-0.15, -0.1) is 0 Å². The molecule has 1 amide bonds. The van der Waals surface area contributed by atoms with Gasteiger partial charge in [0.1, 0.15) is 0 Å². The van der Waals surface area contributed by atoms with E-state index in [1.807, 2.05) is 27.7 Å². The molecular formula is C19H24BClF3NO3. The molecule has 1 aromatic rings. The number of carbonyl (C=O) groups is 1. The molecule has 0 spiro atoms. The zero-order valence-corrected chi connectivity index (χ0v) is 17.2. The summed E-state index contributed by atoms with van der Waals surface area (Å²) in [6, 6.07) is 4.92. The molecule has 2 aliphatic rings. The Hall–Kier alpha value is -1.25. The number of hydrogen-bond donors (Lipinski definition) is 0. The summed E-state index contributed by atoms with van der Waals surface area (Å²) in [5.41, 5.74) is -0.0357. The lowest BCUT2D eigenvalue weighted by Crippen LogP contribution is -2.42. The molecular weight excluding hydrogens is 393 g/mol. The molecule has 28 heavy (non-hydrogen) atoms. The first-order chi connectivity index (χ1) is 12.8. The van der Waals surface area contributed by atoms with E-state index < -0.39 is 30.4 Å². The van der Waals surface area contributed by atoms with Gasteiger partial charge < -0.3 is 14.2 Å². The molecule has 0 atom stereocenters. The van der Waals surface area contributed by atoms with Gasteiger partial charge in [-0.1, -0.05) is 17.7 Å². The van der Waals surface area contributed by atoms with Crippen molar-refractivity contribution in [1.29, 1.82) is 0 Å². The van der Waals surface area contributed by atoms with Crippen LogP contribution >= 0.6 is 11.6 Å². The Labute approximate surface area is 168 Å². The van der Waals surface area contributed by atoms with Gasteiger partial charge in [0, 0.05) is 13.1 Å². The Balaban J connectivity index is 1.71. The van der Waals surface area contributed by atoms with Gasteiger partial charge in [-0.25, -0.2) is 0 Å². The summed E-state index contributed by atoms with van der Waals surface area (Å²) < 4.78 is 50.4. The van der Waals surface area contributed by atoms with Crippen molar-refractivity contribution in [2.45, 2.75) is 57.9 Å². The predicted molar refractivity (Wildman–Crippen MR) is 102 cm³/mol. The minimum absolute atomic E-state index is 0.0678. The van der Waals surface area contributed by atoms with E-state index in [0.29, 0.717) is 5.46 Å². The lowest BCUT2D eigenvalue weighted by atomic mass is 9.79. The molecule has 0 aliphatic carbocycles. The first-order valence-electron chi connectivity index (χ1n) is 9.33. The summed E-state index contributed by atoms with van der Waals surface area (Å²) in [5, 5.41) is 0.232. The number of amides is 1. The number of halogens is 4. The van der Waals surface area contributed by atoms with Gasteiger partial charge >= 0.3 is 13.3 Å². The van der Waals surface area contributed by atoms with Crippen LogP contribution in [0.15, 0.2) is 18.2 Å². The van der Waals surface area contributed by atoms with Crippen LogP contribution in [0.3, 0.4) is 0 Å². The van der Waals surface area contributed by atoms with Crippen LogP contribution in [-0.2, 0) is 9.31 Å². The summed E-state index contributed by atoms with van der Waals surface area (Å²) in [4.78, 5) is 14.1. The molecule has 2 fully saturated rings. The minimum atomic E-state index is -4.21. The molecule has 0 saturated carbocycles. The lowest BCUT2D eigenvalue weighted by Gasteiger charge is -2.33. The van der Waals surface area contributed by atoms with Gasteiger partial charge in [0.15, 0.2) is 0 Å². The van der Waals surface area contributed by atoms with E-state index in [9.17, 15) is 18.0 Å². The van der Waals surface area contributed by atoms with Crippen LogP contribution in [0.25, 0.3) is 0 Å². The Morgan fingerprint density at radius 2 is 1.68 bits per heavy atom. The van der Waals surface area contributed by atoms with Crippen molar-refractivity contribution in [3.63, 3.8) is 0 Å². The Kier molecular flexibility index (Phi) is 5.53. The van der Waals surface area contributed by atoms with Crippen LogP contribution in [0.5, 0.6) is 0 Å². The van der Waals surface area contributed by atoms with Gasteiger partial charge in [-0.05, 0) is 58.1 Å². The SMILES string of the molecule is CC1(C)OB(c2ccc(C(=O)N3CCC(C(F)(F)F)CC3)c(Cl)c2)OC1(C)C. The number of rotatable bonds is 2. The smallest absolute Gasteiger partial charge is 0.399 e. The normalized spacial score (nSPS) is 22.6. The number of nitrogens with zero attached hydrogens (tertiary/aromatic N) is 1. The number of alkyl halides is 3. The quantitative estimate of drug-likeness (QED) is 0.681. The summed E-state index contributed by atoms with van der Waals surface area (Å²) in [6.45, 7) is 7.90. The van der Waals surface area contributed by atoms with Crippen LogP contribution < -0.4 is 5.46 Å². The van der Waals surface area contributed by atoms with E-state index in [4.69, 9.17) is 20.9 Å². The molecule has 0 bridgehead atoms. The van der Waals surface area contributed by atoms with Gasteiger partial charge in [0.2, 0.25) is 0 Å². The Morgan fingerprint density at radius 3 is 2.14 bits per heavy atom. The zero-order chi connectivity index (χ0) is 20.9. The molecule has 1 aromatic carbocycles. The average Bonchev–Trinajstić information content (AvgIpc) is 2.81. The van der Waals surface area contributed by atoms with E-state index in [2.05, 4.69) is 0 Å². The Bertz CT molecular complexity index is 745. The predicted octanol–water partition coefficient (Wildman–Crippen LogP) is 4.05. The third-order valence-electron chi connectivity index (χ3n) is 5.99. The second kappa shape index (κ2) is 7.22. The first-order valence-corrected chi connectivity index (χ1v) is 9.71. The standard InChI is InChI=1S/C19H24BClF3NO3/c1-17(2)18(3,4)28-20(27-17)13-5-6-14(15(21)11-13)16(26)25-9-7-12(8-10-25)19(22,23)24/h5-6,11-12H,7-10H2,1-4H3. The lowest BCUT2D eigenvalue weighted by molar-refractivity contribution is -0.183. The molecule has 4 nitrogen and oxygen atoms in total. The fourth-order valence-electron chi connectivity index (χ4n) is 3.41. The van der Waals surface area contributed by atoms with Crippen LogP contribution in [0, 0.1) is 5.92 Å². The third kappa shape index (κ3) is 4.05. The summed E-state index contributed by atoms with van der Waals surface area (Å²) in [5.74, 6) is -1.70. The molecule has 0 aromatic heterocycles. The first kappa shape index (κ1) is 21.5. The molecule has 9 heteroatoms. The van der Waals surface area contributed by atoms with Gasteiger partial charge in [-0.3, -0.25) is 4.79 Å². The monoisotopic (exact) mass is 417 g/mol. The number of carbonyl (C=O) groups excluding carboxylic acids is 1. The summed E-state index contributed by atoms with van der Waals surface area (Å²) in [7, 11) is -0.603. The van der Waals surface area contributed by atoms with E-state index in [1.54, 1.807) is 18.2 Å². The topological polar surface area (TPSA) is 38.8 Å². The highest BCUT2D eigenvalue weighted by Gasteiger charge is 2.51. The number of likely N-dealkylation sites (tertiary alicyclic amines) is 1. The fourth-order valence-corrected chi connectivity index (χ4v) is 3.68. The van der Waals surface area contributed by atoms with Gasteiger partial charge in [0.25, 0.3) is 5.91 Å². The van der Waals surface area contributed by atoms with Crippen LogP contribution in [0.1, 0.15) is 50.9 Å². The maximum Gasteiger partial charge on any atom is 0.494 e. The van der Waals surface area contributed by atoms with Crippen molar-refractivity contribution in [1.82, 2.24) is 4.90 Å². The van der Waals surface area contributed by atoms with Crippen LogP contribution in [0.4, 0.5) is 13.2 Å². The number of hydrogen-bond acceptors (Lipinski definition) is 3. The van der Waals surface area contributed by atoms with Crippen molar-refractivity contribution in [3.8, 4) is 0 Å². The molecule has 3 rings (SSSR count). The van der Waals surface area contributed by atoms with Crippen molar-refractivity contribution in [3.05, 3.63) is 28.8 Å². The van der Waals surface area contributed by atoms with E-state index in [1.165, 1.54) is 4.90 Å². The molecule has 2 saturated heterocycles. The highest BCUT2D eigenvalue weighted by atomic mass is 35.5. The van der Waals surface area contributed by atoms with E-state index in [-0.39, 0.29) is 42.4 Å². The third-order valence-corrected chi connectivity index (χ3v) is 6.31. The van der Waals surface area contributed by atoms with E-state index in [0.717, 1.165) is 0 Å². The largest absolute Gasteiger partial charge is 0.494 e. The van der Waals surface area contributed by atoms with Crippen molar-refractivity contribution in [2.24, 2.45) is 5.92 Å². The highest BCUT2D eigenvalue weighted by Crippen LogP contribution is 2.37. The van der Waals surface area contributed by atoms with Crippen molar-refractivity contribution in [2.75, 3.05) is 13.1 Å². The van der Waals surface area contributed by atoms with E-state index >= 15 is 0 Å². The van der Waals surface area contributed by atoms with Crippen molar-refractivity contribution < 1.29 is 27.3 Å². The summed E-state index contributed by atoms with van der Waals surface area (Å²) >= 11 is 6.33. The number of piperidine rings is 1. The summed E-state index contributed by atoms with van der Waals surface area (Å²) in [6.07, 6.45) is -4.38. The van der Waals surface area contributed by atoms with Gasteiger partial charge in [0.05, 0.1) is 27.7 Å². The zero-order valence-electron chi connectivity index (χ0n) is 16.4. The molecule has 0 N–H and O–H groups in total. The van der Waals surface area contributed by atoms with Crippen LogP contribution in [-0.4, -0.2) is 48.4 Å². The second-order valence-corrected chi connectivity index (χ2v) is 8.84. The second-order valence-electron chi connectivity index (χ2n) is 8.44. The average molecular weight is 418 g/mol. The molecule has 154 valence electrons. The fraction of sp³-hybridized carbons (Fsp3) is 0.632. The molecule has 2 aliphatic heterocycles. The van der Waals surface area contributed by atoms with Gasteiger partial charge in [-0.2, -0.15) is 13.2 Å².